The molecule has 1 aromatic carbocycles. The fourth-order valence-corrected chi connectivity index (χ4v) is 2.88. The van der Waals surface area contributed by atoms with Gasteiger partial charge in [-0.1, -0.05) is 12.1 Å². The van der Waals surface area contributed by atoms with Crippen LogP contribution in [0.2, 0.25) is 0 Å². The molecular formula is C16H22N2O4. The van der Waals surface area contributed by atoms with Gasteiger partial charge < -0.3 is 20.1 Å². The number of benzene rings is 1. The van der Waals surface area contributed by atoms with Crippen molar-refractivity contribution < 1.29 is 19.4 Å². The number of ether oxygens (including phenoxy) is 1. The van der Waals surface area contributed by atoms with Gasteiger partial charge in [-0.15, -0.1) is 0 Å². The van der Waals surface area contributed by atoms with Crippen LogP contribution in [0.15, 0.2) is 24.3 Å². The van der Waals surface area contributed by atoms with Gasteiger partial charge in [-0.3, -0.25) is 9.59 Å². The minimum Gasteiger partial charge on any atom is -0.497 e. The Hall–Kier alpha value is -2.08. The largest absolute Gasteiger partial charge is 0.497 e. The fraction of sp³-hybridized carbons (Fsp3) is 0.500. The molecule has 1 fully saturated rings. The Morgan fingerprint density at radius 2 is 2.09 bits per heavy atom. The molecular weight excluding hydrogens is 284 g/mol. The van der Waals surface area contributed by atoms with Gasteiger partial charge in [-0.2, -0.15) is 0 Å². The maximum atomic E-state index is 12.3. The van der Waals surface area contributed by atoms with E-state index in [1.54, 1.807) is 19.1 Å². The molecule has 2 atom stereocenters. The quantitative estimate of drug-likeness (QED) is 0.840. The molecule has 1 heterocycles. The molecule has 0 unspecified atom stereocenters. The van der Waals surface area contributed by atoms with Crippen molar-refractivity contribution in [3.8, 4) is 5.75 Å². The molecule has 1 saturated heterocycles. The number of aliphatic hydroxyl groups excluding tert-OH is 1. The van der Waals surface area contributed by atoms with Crippen LogP contribution >= 0.6 is 0 Å². The van der Waals surface area contributed by atoms with Crippen LogP contribution in [0.4, 0.5) is 0 Å². The predicted octanol–water partition coefficient (Wildman–Crippen LogP) is 0.713. The van der Waals surface area contributed by atoms with Crippen LogP contribution in [0, 0.1) is 5.92 Å². The van der Waals surface area contributed by atoms with Crippen molar-refractivity contribution in [1.29, 1.82) is 0 Å². The number of aliphatic hydroxyl groups is 1. The van der Waals surface area contributed by atoms with Crippen LogP contribution < -0.4 is 10.1 Å². The van der Waals surface area contributed by atoms with Crippen LogP contribution in [0.1, 0.15) is 24.4 Å². The van der Waals surface area contributed by atoms with Crippen LogP contribution in [-0.2, 0) is 9.59 Å². The maximum Gasteiger partial charge on any atom is 0.225 e. The van der Waals surface area contributed by atoms with E-state index in [1.165, 1.54) is 0 Å². The number of likely N-dealkylation sites (tertiary alicyclic amines) is 1. The third-order valence-corrected chi connectivity index (χ3v) is 4.07. The minimum atomic E-state index is -0.317. The van der Waals surface area contributed by atoms with Crippen LogP contribution in [0.25, 0.3) is 0 Å². The number of hydrogen-bond donors (Lipinski definition) is 2. The van der Waals surface area contributed by atoms with Crippen molar-refractivity contribution in [2.24, 2.45) is 5.92 Å². The van der Waals surface area contributed by atoms with E-state index in [9.17, 15) is 9.59 Å². The highest BCUT2D eigenvalue weighted by atomic mass is 16.5. The van der Waals surface area contributed by atoms with Gasteiger partial charge in [0.2, 0.25) is 11.8 Å². The van der Waals surface area contributed by atoms with Crippen molar-refractivity contribution in [1.82, 2.24) is 10.2 Å². The highest BCUT2D eigenvalue weighted by Gasteiger charge is 2.38. The third-order valence-electron chi connectivity index (χ3n) is 4.07. The number of carbonyl (C=O) groups excluding carboxylic acids is 2. The number of nitrogens with zero attached hydrogens (tertiary/aromatic N) is 1. The second-order valence-corrected chi connectivity index (χ2v) is 5.38. The Labute approximate surface area is 130 Å². The Kier molecular flexibility index (Phi) is 5.38. The van der Waals surface area contributed by atoms with Crippen LogP contribution in [-0.4, -0.2) is 49.1 Å². The van der Waals surface area contributed by atoms with Crippen LogP contribution in [0.5, 0.6) is 5.75 Å². The van der Waals surface area contributed by atoms with E-state index in [4.69, 9.17) is 9.84 Å². The first-order valence-corrected chi connectivity index (χ1v) is 7.36. The maximum absolute atomic E-state index is 12.3. The molecule has 6 heteroatoms. The van der Waals surface area contributed by atoms with E-state index in [-0.39, 0.29) is 36.9 Å². The van der Waals surface area contributed by atoms with Crippen LogP contribution in [0.3, 0.4) is 0 Å². The molecule has 0 saturated carbocycles. The summed E-state index contributed by atoms with van der Waals surface area (Å²) in [4.78, 5) is 26.0. The van der Waals surface area contributed by atoms with Gasteiger partial charge in [-0.25, -0.2) is 0 Å². The molecule has 0 aliphatic carbocycles. The second-order valence-electron chi connectivity index (χ2n) is 5.38. The molecule has 1 aromatic rings. The fourth-order valence-electron chi connectivity index (χ4n) is 2.88. The summed E-state index contributed by atoms with van der Waals surface area (Å²) >= 11 is 0. The van der Waals surface area contributed by atoms with Crippen molar-refractivity contribution in [2.75, 3.05) is 27.3 Å². The van der Waals surface area contributed by atoms with E-state index in [0.717, 1.165) is 11.3 Å². The Bertz CT molecular complexity index is 529. The lowest BCUT2D eigenvalue weighted by molar-refractivity contribution is -0.141. The van der Waals surface area contributed by atoms with Gasteiger partial charge >= 0.3 is 0 Å². The SMILES string of the molecule is COc1ccc([C@@H]2[C@H](C(=O)NCCO)CCC(=O)N2C)cc1. The molecule has 1 aliphatic heterocycles. The number of amides is 2. The molecule has 0 spiro atoms. The average Bonchev–Trinajstić information content (AvgIpc) is 2.55. The molecule has 2 N–H and O–H groups in total. The zero-order valence-corrected chi connectivity index (χ0v) is 12.9. The normalized spacial score (nSPS) is 21.6. The standard InChI is InChI=1S/C16H22N2O4/c1-18-14(20)8-7-13(16(21)17-9-10-19)15(18)11-3-5-12(22-2)6-4-11/h3-6,13,15,19H,7-10H2,1-2H3,(H,17,21)/t13-,15-/m1/s1. The Morgan fingerprint density at radius 3 is 2.68 bits per heavy atom. The van der Waals surface area contributed by atoms with Crippen molar-refractivity contribution in [3.63, 3.8) is 0 Å². The van der Waals surface area contributed by atoms with Crippen molar-refractivity contribution >= 4 is 11.8 Å². The van der Waals surface area contributed by atoms with Gasteiger partial charge in [-0.05, 0) is 24.1 Å². The number of hydrogen-bond acceptors (Lipinski definition) is 4. The number of carbonyl (C=O) groups is 2. The minimum absolute atomic E-state index is 0.0343. The summed E-state index contributed by atoms with van der Waals surface area (Å²) in [6.07, 6.45) is 0.873. The molecule has 2 amide bonds. The monoisotopic (exact) mass is 306 g/mol. The first-order valence-electron chi connectivity index (χ1n) is 7.36. The number of piperidine rings is 1. The first kappa shape index (κ1) is 16.3. The zero-order valence-electron chi connectivity index (χ0n) is 12.9. The third kappa shape index (κ3) is 3.39. The molecule has 22 heavy (non-hydrogen) atoms. The number of methoxy groups -OCH3 is 1. The Balaban J connectivity index is 2.26. The van der Waals surface area contributed by atoms with Gasteiger partial charge in [0.05, 0.1) is 25.7 Å². The summed E-state index contributed by atoms with van der Waals surface area (Å²) in [6.45, 7) is 0.128. The van der Waals surface area contributed by atoms with Crippen molar-refractivity contribution in [3.05, 3.63) is 29.8 Å². The summed E-state index contributed by atoms with van der Waals surface area (Å²) in [6, 6.07) is 7.11. The summed E-state index contributed by atoms with van der Waals surface area (Å²) in [5.41, 5.74) is 0.903. The zero-order chi connectivity index (χ0) is 16.1. The first-order chi connectivity index (χ1) is 10.6. The molecule has 6 nitrogen and oxygen atoms in total. The van der Waals surface area contributed by atoms with E-state index >= 15 is 0 Å². The molecule has 2 rings (SSSR count). The van der Waals surface area contributed by atoms with E-state index in [0.29, 0.717) is 12.8 Å². The highest BCUT2D eigenvalue weighted by Crippen LogP contribution is 2.36. The smallest absolute Gasteiger partial charge is 0.225 e. The Morgan fingerprint density at radius 1 is 1.41 bits per heavy atom. The van der Waals surface area contributed by atoms with Gasteiger partial charge in [0.25, 0.3) is 0 Å². The summed E-state index contributed by atoms with van der Waals surface area (Å²) < 4.78 is 5.14. The number of rotatable bonds is 5. The average molecular weight is 306 g/mol. The summed E-state index contributed by atoms with van der Waals surface area (Å²) in [5, 5.41) is 11.6. The summed E-state index contributed by atoms with van der Waals surface area (Å²) in [5.74, 6) is 0.318. The molecule has 1 aliphatic rings. The van der Waals surface area contributed by atoms with Gasteiger partial charge in [0.1, 0.15) is 5.75 Å². The lowest BCUT2D eigenvalue weighted by Gasteiger charge is -2.38. The topological polar surface area (TPSA) is 78.9 Å². The van der Waals surface area contributed by atoms with E-state index < -0.39 is 0 Å². The lowest BCUT2D eigenvalue weighted by Crippen LogP contribution is -2.46. The van der Waals surface area contributed by atoms with Gasteiger partial charge in [0, 0.05) is 20.0 Å². The molecule has 120 valence electrons. The molecule has 0 aromatic heterocycles. The second kappa shape index (κ2) is 7.26. The van der Waals surface area contributed by atoms with E-state index in [2.05, 4.69) is 5.32 Å². The predicted molar refractivity (Wildman–Crippen MR) is 81.3 cm³/mol. The highest BCUT2D eigenvalue weighted by molar-refractivity contribution is 5.84. The van der Waals surface area contributed by atoms with E-state index in [1.807, 2.05) is 24.3 Å². The van der Waals surface area contributed by atoms with Gasteiger partial charge in [0.15, 0.2) is 0 Å². The van der Waals surface area contributed by atoms with Crippen molar-refractivity contribution in [2.45, 2.75) is 18.9 Å². The molecule has 0 bridgehead atoms. The molecule has 0 radical (unpaired) electrons. The lowest BCUT2D eigenvalue weighted by atomic mass is 9.84. The summed E-state index contributed by atoms with van der Waals surface area (Å²) in [7, 11) is 3.32. The number of nitrogens with one attached hydrogen (secondary N) is 1.